The molecule has 1 saturated heterocycles. The van der Waals surface area contributed by atoms with Gasteiger partial charge in [-0.2, -0.15) is 8.42 Å². The zero-order valence-corrected chi connectivity index (χ0v) is 17.4. The molecule has 0 saturated carbocycles. The SMILES string of the molecule is O=C(Nc1ccc(F)c(Cl)c1)c1cc2c(cc1Cl)N1CCCCCC1=NS2(=O)=O. The molecule has 0 radical (unpaired) electrons. The van der Waals surface area contributed by atoms with Crippen LogP contribution >= 0.6 is 23.2 Å². The van der Waals surface area contributed by atoms with Gasteiger partial charge >= 0.3 is 0 Å². The molecule has 4 rings (SSSR count). The van der Waals surface area contributed by atoms with Crippen LogP contribution < -0.4 is 10.2 Å². The van der Waals surface area contributed by atoms with E-state index in [1.165, 1.54) is 24.3 Å². The van der Waals surface area contributed by atoms with Crippen LogP contribution in [0.4, 0.5) is 15.8 Å². The fourth-order valence-electron chi connectivity index (χ4n) is 3.44. The molecule has 2 heterocycles. The van der Waals surface area contributed by atoms with Gasteiger partial charge in [-0.05, 0) is 43.2 Å². The lowest BCUT2D eigenvalue weighted by Gasteiger charge is -2.30. The van der Waals surface area contributed by atoms with Crippen molar-refractivity contribution >= 4 is 56.3 Å². The Morgan fingerprint density at radius 1 is 1.10 bits per heavy atom. The highest BCUT2D eigenvalue weighted by atomic mass is 35.5. The number of fused-ring (bicyclic) bond motifs is 3. The minimum atomic E-state index is -3.95. The number of rotatable bonds is 2. The van der Waals surface area contributed by atoms with Crippen LogP contribution in [0.3, 0.4) is 0 Å². The fraction of sp³-hybridized carbons (Fsp3) is 0.263. The zero-order valence-electron chi connectivity index (χ0n) is 15.1. The maximum Gasteiger partial charge on any atom is 0.286 e. The molecule has 10 heteroatoms. The summed E-state index contributed by atoms with van der Waals surface area (Å²) in [5.41, 5.74) is 0.664. The first kappa shape index (κ1) is 20.1. The number of carbonyl (C=O) groups excluding carboxylic acids is 1. The minimum Gasteiger partial charge on any atom is -0.328 e. The Morgan fingerprint density at radius 2 is 1.90 bits per heavy atom. The van der Waals surface area contributed by atoms with Gasteiger partial charge in [0.25, 0.3) is 15.9 Å². The number of sulfonamides is 1. The number of amides is 1. The van der Waals surface area contributed by atoms with E-state index in [0.717, 1.165) is 25.3 Å². The molecule has 0 bridgehead atoms. The number of hydrogen-bond acceptors (Lipinski definition) is 4. The number of anilines is 2. The van der Waals surface area contributed by atoms with Crippen molar-refractivity contribution in [3.8, 4) is 0 Å². The quantitative estimate of drug-likeness (QED) is 0.700. The van der Waals surface area contributed by atoms with Crippen molar-refractivity contribution in [2.75, 3.05) is 16.8 Å². The number of carbonyl (C=O) groups is 1. The first-order valence-electron chi connectivity index (χ1n) is 8.97. The molecule has 29 heavy (non-hydrogen) atoms. The van der Waals surface area contributed by atoms with E-state index in [4.69, 9.17) is 23.2 Å². The van der Waals surface area contributed by atoms with E-state index in [0.29, 0.717) is 24.5 Å². The Labute approximate surface area is 177 Å². The minimum absolute atomic E-state index is 0.0251. The van der Waals surface area contributed by atoms with Crippen molar-refractivity contribution < 1.29 is 17.6 Å². The summed E-state index contributed by atoms with van der Waals surface area (Å²) in [5, 5.41) is 2.51. The standard InChI is InChI=1S/C19H16Cl2FN3O3S/c20-13-10-16-17(29(27,28)24-18-4-2-1-3-7-25(16)18)9-12(13)19(26)23-11-5-6-15(22)14(21)8-11/h5-6,8-10H,1-4,7H2,(H,23,26). The molecular formula is C19H16Cl2FN3O3S. The van der Waals surface area contributed by atoms with Gasteiger partial charge in [0.15, 0.2) is 0 Å². The van der Waals surface area contributed by atoms with Gasteiger partial charge in [-0.1, -0.05) is 29.6 Å². The maximum absolute atomic E-state index is 13.3. The van der Waals surface area contributed by atoms with Gasteiger partial charge in [-0.15, -0.1) is 4.40 Å². The van der Waals surface area contributed by atoms with Gasteiger partial charge in [-0.25, -0.2) is 4.39 Å². The first-order chi connectivity index (χ1) is 13.8. The molecule has 2 aromatic carbocycles. The molecule has 1 amide bonds. The third kappa shape index (κ3) is 3.84. The molecule has 2 aromatic rings. The Bertz CT molecular complexity index is 1150. The molecule has 0 atom stereocenters. The van der Waals surface area contributed by atoms with Crippen LogP contribution in [0, 0.1) is 5.82 Å². The van der Waals surface area contributed by atoms with Crippen LogP contribution in [0.5, 0.6) is 0 Å². The predicted octanol–water partition coefficient (Wildman–Crippen LogP) is 4.87. The Morgan fingerprint density at radius 3 is 2.66 bits per heavy atom. The summed E-state index contributed by atoms with van der Waals surface area (Å²) >= 11 is 12.1. The lowest BCUT2D eigenvalue weighted by molar-refractivity contribution is 0.102. The Kier molecular flexibility index (Phi) is 5.27. The maximum atomic E-state index is 13.3. The highest BCUT2D eigenvalue weighted by molar-refractivity contribution is 7.90. The normalized spacial score (nSPS) is 17.6. The van der Waals surface area contributed by atoms with Crippen molar-refractivity contribution in [3.63, 3.8) is 0 Å². The number of nitrogens with zero attached hydrogens (tertiary/aromatic N) is 2. The highest BCUT2D eigenvalue weighted by Gasteiger charge is 2.33. The lowest BCUT2D eigenvalue weighted by atomic mass is 10.1. The molecule has 152 valence electrons. The van der Waals surface area contributed by atoms with E-state index in [2.05, 4.69) is 9.71 Å². The average molecular weight is 456 g/mol. The second-order valence-electron chi connectivity index (χ2n) is 6.83. The summed E-state index contributed by atoms with van der Waals surface area (Å²) in [6.45, 7) is 0.636. The smallest absolute Gasteiger partial charge is 0.286 e. The Balaban J connectivity index is 1.73. The molecule has 1 N–H and O–H groups in total. The van der Waals surface area contributed by atoms with Gasteiger partial charge in [0.1, 0.15) is 16.5 Å². The molecule has 1 fully saturated rings. The number of hydrogen-bond donors (Lipinski definition) is 1. The van der Waals surface area contributed by atoms with Crippen molar-refractivity contribution in [1.82, 2.24) is 0 Å². The van der Waals surface area contributed by atoms with Crippen molar-refractivity contribution in [3.05, 3.63) is 51.8 Å². The molecule has 0 spiro atoms. The summed E-state index contributed by atoms with van der Waals surface area (Å²) in [7, 11) is -3.95. The van der Waals surface area contributed by atoms with Gasteiger partial charge in [0, 0.05) is 18.7 Å². The van der Waals surface area contributed by atoms with Gasteiger partial charge in [0.2, 0.25) is 0 Å². The van der Waals surface area contributed by atoms with E-state index < -0.39 is 21.7 Å². The number of nitrogens with one attached hydrogen (secondary N) is 1. The molecule has 0 aliphatic carbocycles. The summed E-state index contributed by atoms with van der Waals surface area (Å²) < 4.78 is 42.7. The Hall–Kier alpha value is -2.16. The van der Waals surface area contributed by atoms with Crippen LogP contribution in [-0.4, -0.2) is 26.7 Å². The zero-order chi connectivity index (χ0) is 20.8. The molecule has 6 nitrogen and oxygen atoms in total. The van der Waals surface area contributed by atoms with E-state index in [9.17, 15) is 17.6 Å². The summed E-state index contributed by atoms with van der Waals surface area (Å²) in [5.74, 6) is -0.751. The van der Waals surface area contributed by atoms with Crippen LogP contribution in [0.15, 0.2) is 39.6 Å². The van der Waals surface area contributed by atoms with E-state index in [1.807, 2.05) is 4.90 Å². The topological polar surface area (TPSA) is 78.8 Å². The van der Waals surface area contributed by atoms with Crippen LogP contribution in [0.1, 0.15) is 36.0 Å². The van der Waals surface area contributed by atoms with Crippen molar-refractivity contribution in [2.45, 2.75) is 30.6 Å². The molecule has 0 unspecified atom stereocenters. The van der Waals surface area contributed by atoms with E-state index in [1.54, 1.807) is 0 Å². The summed E-state index contributed by atoms with van der Waals surface area (Å²) in [6.07, 6.45) is 3.33. The van der Waals surface area contributed by atoms with Gasteiger partial charge < -0.3 is 10.2 Å². The molecule has 2 aliphatic rings. The molecule has 0 aromatic heterocycles. The van der Waals surface area contributed by atoms with E-state index in [-0.39, 0.29) is 26.2 Å². The predicted molar refractivity (Wildman–Crippen MR) is 111 cm³/mol. The van der Waals surface area contributed by atoms with Crippen molar-refractivity contribution in [1.29, 1.82) is 0 Å². The van der Waals surface area contributed by atoms with Crippen LogP contribution in [-0.2, 0) is 10.0 Å². The van der Waals surface area contributed by atoms with Crippen molar-refractivity contribution in [2.24, 2.45) is 4.40 Å². The monoisotopic (exact) mass is 455 g/mol. The number of benzene rings is 2. The molecule has 2 aliphatic heterocycles. The second kappa shape index (κ2) is 7.59. The third-order valence-electron chi connectivity index (χ3n) is 4.86. The van der Waals surface area contributed by atoms with Gasteiger partial charge in [-0.3, -0.25) is 4.79 Å². The third-order valence-corrected chi connectivity index (χ3v) is 6.79. The summed E-state index contributed by atoms with van der Waals surface area (Å²) in [6, 6.07) is 6.44. The summed E-state index contributed by atoms with van der Waals surface area (Å²) in [4.78, 5) is 14.5. The van der Waals surface area contributed by atoms with Gasteiger partial charge in [0.05, 0.1) is 21.3 Å². The molecular weight excluding hydrogens is 440 g/mol. The fourth-order valence-corrected chi connectivity index (χ4v) is 5.13. The lowest BCUT2D eigenvalue weighted by Crippen LogP contribution is -2.35. The average Bonchev–Trinajstić information content (AvgIpc) is 2.89. The number of amidine groups is 1. The second-order valence-corrected chi connectivity index (χ2v) is 9.21. The first-order valence-corrected chi connectivity index (χ1v) is 11.2. The van der Waals surface area contributed by atoms with Crippen LogP contribution in [0.25, 0.3) is 0 Å². The highest BCUT2D eigenvalue weighted by Crippen LogP contribution is 2.38. The number of halogens is 3. The largest absolute Gasteiger partial charge is 0.328 e. The van der Waals surface area contributed by atoms with E-state index >= 15 is 0 Å². The van der Waals surface area contributed by atoms with Crippen LogP contribution in [0.2, 0.25) is 10.0 Å².